The number of hydrogen-bond donors (Lipinski definition) is 1. The van der Waals surface area contributed by atoms with Gasteiger partial charge in [-0.2, -0.15) is 0 Å². The number of thioether (sulfide) groups is 1. The van der Waals surface area contributed by atoms with Gasteiger partial charge in [0.1, 0.15) is 13.2 Å². The lowest BCUT2D eigenvalue weighted by atomic mass is 10.2. The lowest BCUT2D eigenvalue weighted by Crippen LogP contribution is -2.21. The van der Waals surface area contributed by atoms with Crippen molar-refractivity contribution in [3.05, 3.63) is 48.0 Å². The zero-order valence-corrected chi connectivity index (χ0v) is 15.1. The molecule has 0 fully saturated rings. The van der Waals surface area contributed by atoms with Crippen molar-refractivity contribution in [2.45, 2.75) is 11.8 Å². The summed E-state index contributed by atoms with van der Waals surface area (Å²) in [5.74, 6) is 1.13. The number of carbonyl (C=O) groups is 2. The van der Waals surface area contributed by atoms with Gasteiger partial charge in [0.2, 0.25) is 0 Å². The van der Waals surface area contributed by atoms with E-state index in [0.29, 0.717) is 36.0 Å². The van der Waals surface area contributed by atoms with Gasteiger partial charge in [-0.3, -0.25) is 4.79 Å². The van der Waals surface area contributed by atoms with Crippen LogP contribution in [-0.2, 0) is 9.53 Å². The Morgan fingerprint density at radius 1 is 1.12 bits per heavy atom. The Bertz CT molecular complexity index is 808. The predicted octanol–water partition coefficient (Wildman–Crippen LogP) is 3.37. The second-order valence-corrected chi connectivity index (χ2v) is 6.72. The summed E-state index contributed by atoms with van der Waals surface area (Å²) in [5.41, 5.74) is 1.02. The molecule has 0 saturated carbocycles. The fourth-order valence-electron chi connectivity index (χ4n) is 2.44. The third-order valence-electron chi connectivity index (χ3n) is 3.57. The zero-order chi connectivity index (χ0) is 18.4. The molecule has 2 aromatic carbocycles. The van der Waals surface area contributed by atoms with Crippen LogP contribution in [0.4, 0.5) is 5.69 Å². The molecule has 136 valence electrons. The predicted molar refractivity (Wildman–Crippen MR) is 99.2 cm³/mol. The van der Waals surface area contributed by atoms with Gasteiger partial charge in [0.15, 0.2) is 18.1 Å². The van der Waals surface area contributed by atoms with Crippen LogP contribution in [0.5, 0.6) is 11.5 Å². The SMILES string of the molecule is CCSc1ccccc1C(=O)OCC(=O)Nc1ccc2c(c1)OCCO2. The molecule has 1 aliphatic rings. The summed E-state index contributed by atoms with van der Waals surface area (Å²) in [4.78, 5) is 25.1. The molecule has 0 saturated heterocycles. The number of rotatable bonds is 6. The summed E-state index contributed by atoms with van der Waals surface area (Å²) in [5, 5.41) is 2.68. The average Bonchev–Trinajstić information content (AvgIpc) is 2.67. The second-order valence-electron chi connectivity index (χ2n) is 5.41. The van der Waals surface area contributed by atoms with Crippen LogP contribution in [0.15, 0.2) is 47.4 Å². The largest absolute Gasteiger partial charge is 0.486 e. The number of anilines is 1. The van der Waals surface area contributed by atoms with Gasteiger partial charge in [-0.15, -0.1) is 11.8 Å². The first-order valence-electron chi connectivity index (χ1n) is 8.26. The highest BCUT2D eigenvalue weighted by molar-refractivity contribution is 7.99. The Labute approximate surface area is 155 Å². The third kappa shape index (κ3) is 4.49. The van der Waals surface area contributed by atoms with Gasteiger partial charge < -0.3 is 19.5 Å². The standard InChI is InChI=1S/C19H19NO5S/c1-2-26-17-6-4-3-5-14(17)19(22)25-12-18(21)20-13-7-8-15-16(11-13)24-10-9-23-15/h3-8,11H,2,9-10,12H2,1H3,(H,20,21). The molecular formula is C19H19NO5S. The fourth-order valence-corrected chi connectivity index (χ4v) is 3.24. The minimum absolute atomic E-state index is 0.363. The summed E-state index contributed by atoms with van der Waals surface area (Å²) in [6.07, 6.45) is 0. The Hall–Kier alpha value is -2.67. The Morgan fingerprint density at radius 2 is 1.88 bits per heavy atom. The molecule has 0 bridgehead atoms. The summed E-state index contributed by atoms with van der Waals surface area (Å²) in [6, 6.07) is 12.3. The lowest BCUT2D eigenvalue weighted by Gasteiger charge is -2.19. The Balaban J connectivity index is 1.56. The number of esters is 1. The van der Waals surface area contributed by atoms with E-state index < -0.39 is 11.9 Å². The van der Waals surface area contributed by atoms with Gasteiger partial charge in [-0.25, -0.2) is 4.79 Å². The molecule has 0 spiro atoms. The highest BCUT2D eigenvalue weighted by atomic mass is 32.2. The molecule has 0 atom stereocenters. The molecule has 26 heavy (non-hydrogen) atoms. The highest BCUT2D eigenvalue weighted by Crippen LogP contribution is 2.32. The number of ether oxygens (including phenoxy) is 3. The molecule has 0 radical (unpaired) electrons. The van der Waals surface area contributed by atoms with E-state index >= 15 is 0 Å². The first-order valence-corrected chi connectivity index (χ1v) is 9.24. The van der Waals surface area contributed by atoms with E-state index in [1.54, 1.807) is 42.1 Å². The molecule has 2 aromatic rings. The van der Waals surface area contributed by atoms with E-state index in [4.69, 9.17) is 14.2 Å². The van der Waals surface area contributed by atoms with Gasteiger partial charge in [0.05, 0.1) is 5.56 Å². The van der Waals surface area contributed by atoms with Crippen LogP contribution < -0.4 is 14.8 Å². The number of nitrogens with one attached hydrogen (secondary N) is 1. The monoisotopic (exact) mass is 373 g/mol. The highest BCUT2D eigenvalue weighted by Gasteiger charge is 2.16. The van der Waals surface area contributed by atoms with E-state index in [1.807, 2.05) is 19.1 Å². The molecular weight excluding hydrogens is 354 g/mol. The molecule has 1 amide bonds. The molecule has 0 aliphatic carbocycles. The van der Waals surface area contributed by atoms with Gasteiger partial charge >= 0.3 is 5.97 Å². The Morgan fingerprint density at radius 3 is 2.69 bits per heavy atom. The van der Waals surface area contributed by atoms with Crippen LogP contribution in [0.25, 0.3) is 0 Å². The quantitative estimate of drug-likeness (QED) is 0.618. The second kappa shape index (κ2) is 8.62. The fraction of sp³-hybridized carbons (Fsp3) is 0.263. The van der Waals surface area contributed by atoms with Crippen LogP contribution in [0, 0.1) is 0 Å². The summed E-state index contributed by atoms with van der Waals surface area (Å²) in [6.45, 7) is 2.62. The van der Waals surface area contributed by atoms with Crippen LogP contribution in [0.1, 0.15) is 17.3 Å². The number of carbonyl (C=O) groups excluding carboxylic acids is 2. The molecule has 1 aliphatic heterocycles. The number of fused-ring (bicyclic) bond motifs is 1. The van der Waals surface area contributed by atoms with Crippen molar-refractivity contribution in [3.63, 3.8) is 0 Å². The van der Waals surface area contributed by atoms with Crippen molar-refractivity contribution < 1.29 is 23.8 Å². The smallest absolute Gasteiger partial charge is 0.339 e. The van der Waals surface area contributed by atoms with Gasteiger partial charge in [0, 0.05) is 16.6 Å². The van der Waals surface area contributed by atoms with E-state index in [-0.39, 0.29) is 6.61 Å². The number of hydrogen-bond acceptors (Lipinski definition) is 6. The molecule has 6 nitrogen and oxygen atoms in total. The van der Waals surface area contributed by atoms with E-state index in [9.17, 15) is 9.59 Å². The number of benzene rings is 2. The van der Waals surface area contributed by atoms with Crippen LogP contribution >= 0.6 is 11.8 Å². The maximum Gasteiger partial charge on any atom is 0.339 e. The summed E-state index contributed by atoms with van der Waals surface area (Å²) in [7, 11) is 0. The zero-order valence-electron chi connectivity index (χ0n) is 14.3. The van der Waals surface area contributed by atoms with Crippen LogP contribution in [-0.4, -0.2) is 37.4 Å². The molecule has 0 unspecified atom stereocenters. The van der Waals surface area contributed by atoms with Crippen LogP contribution in [0.2, 0.25) is 0 Å². The normalized spacial score (nSPS) is 12.3. The lowest BCUT2D eigenvalue weighted by molar-refractivity contribution is -0.119. The van der Waals surface area contributed by atoms with Crippen molar-refractivity contribution >= 4 is 29.3 Å². The third-order valence-corrected chi connectivity index (χ3v) is 4.52. The average molecular weight is 373 g/mol. The maximum atomic E-state index is 12.2. The first kappa shape index (κ1) is 18.1. The van der Waals surface area contributed by atoms with Crippen molar-refractivity contribution in [1.82, 2.24) is 0 Å². The van der Waals surface area contributed by atoms with Crippen molar-refractivity contribution in [2.75, 3.05) is 30.9 Å². The van der Waals surface area contributed by atoms with E-state index in [2.05, 4.69) is 5.32 Å². The van der Waals surface area contributed by atoms with Crippen molar-refractivity contribution in [2.24, 2.45) is 0 Å². The minimum Gasteiger partial charge on any atom is -0.486 e. The molecule has 7 heteroatoms. The number of amides is 1. The van der Waals surface area contributed by atoms with Gasteiger partial charge in [-0.05, 0) is 30.0 Å². The first-order chi connectivity index (χ1) is 12.7. The van der Waals surface area contributed by atoms with E-state index in [0.717, 1.165) is 10.6 Å². The molecule has 3 rings (SSSR count). The molecule has 1 N–H and O–H groups in total. The molecule has 0 aromatic heterocycles. The van der Waals surface area contributed by atoms with Gasteiger partial charge in [0.25, 0.3) is 5.91 Å². The minimum atomic E-state index is -0.515. The maximum absolute atomic E-state index is 12.2. The van der Waals surface area contributed by atoms with E-state index in [1.165, 1.54) is 0 Å². The summed E-state index contributed by atoms with van der Waals surface area (Å²) >= 11 is 1.55. The van der Waals surface area contributed by atoms with Crippen molar-refractivity contribution in [1.29, 1.82) is 0 Å². The molecule has 1 heterocycles. The topological polar surface area (TPSA) is 73.9 Å². The Kier molecular flexibility index (Phi) is 6.01. The van der Waals surface area contributed by atoms with Gasteiger partial charge in [-0.1, -0.05) is 19.1 Å². The van der Waals surface area contributed by atoms with Crippen molar-refractivity contribution in [3.8, 4) is 11.5 Å². The van der Waals surface area contributed by atoms with Crippen LogP contribution in [0.3, 0.4) is 0 Å². The summed E-state index contributed by atoms with van der Waals surface area (Å²) < 4.78 is 16.0.